The van der Waals surface area contributed by atoms with Crippen LogP contribution in [0.25, 0.3) is 0 Å². The second-order valence-corrected chi connectivity index (χ2v) is 9.93. The highest BCUT2D eigenvalue weighted by Gasteiger charge is 2.22. The first-order valence-electron chi connectivity index (χ1n) is 9.70. The van der Waals surface area contributed by atoms with E-state index in [0.29, 0.717) is 24.5 Å². The SMILES string of the molecule is O=C(CSCCOCCSSc1ccccn1)N[C@H](CO)[C@H](O)c1ccc([N+](=O)[O-])cc1. The molecule has 32 heavy (non-hydrogen) atoms. The highest BCUT2D eigenvalue weighted by Crippen LogP contribution is 2.28. The summed E-state index contributed by atoms with van der Waals surface area (Å²) in [6, 6.07) is 10.2. The third-order valence-electron chi connectivity index (χ3n) is 4.07. The number of aliphatic hydroxyl groups is 2. The molecule has 1 aromatic heterocycles. The van der Waals surface area contributed by atoms with E-state index in [1.807, 2.05) is 18.2 Å². The van der Waals surface area contributed by atoms with Gasteiger partial charge in [0.1, 0.15) is 11.1 Å². The van der Waals surface area contributed by atoms with Gasteiger partial charge >= 0.3 is 0 Å². The molecule has 1 heterocycles. The van der Waals surface area contributed by atoms with Gasteiger partial charge in [-0.15, -0.1) is 11.8 Å². The number of carbonyl (C=O) groups is 1. The molecule has 3 N–H and O–H groups in total. The Kier molecular flexibility index (Phi) is 12.5. The Morgan fingerprint density at radius 2 is 1.94 bits per heavy atom. The number of thioether (sulfide) groups is 1. The van der Waals surface area contributed by atoms with Gasteiger partial charge in [0.15, 0.2) is 0 Å². The smallest absolute Gasteiger partial charge is 0.269 e. The standard InChI is InChI=1S/C20H25N3O6S3/c24-13-17(20(26)15-4-6-16(7-5-15)23(27)28)22-18(25)14-30-11-9-29-10-12-31-32-19-3-1-2-8-21-19/h1-8,17,20,24,26H,9-14H2,(H,22,25)/t17-,20-/m1/s1. The van der Waals surface area contributed by atoms with E-state index < -0.39 is 23.7 Å². The van der Waals surface area contributed by atoms with E-state index >= 15 is 0 Å². The van der Waals surface area contributed by atoms with Gasteiger partial charge in [-0.05, 0) is 40.6 Å². The summed E-state index contributed by atoms with van der Waals surface area (Å²) in [5.74, 6) is 1.31. The number of nitrogens with zero attached hydrogens (tertiary/aromatic N) is 2. The lowest BCUT2D eigenvalue weighted by atomic mass is 10.0. The first-order valence-corrected chi connectivity index (χ1v) is 13.2. The molecule has 0 saturated heterocycles. The van der Waals surface area contributed by atoms with E-state index in [9.17, 15) is 25.1 Å². The molecule has 0 bridgehead atoms. The minimum Gasteiger partial charge on any atom is -0.394 e. The highest BCUT2D eigenvalue weighted by atomic mass is 33.1. The molecule has 12 heteroatoms. The number of carbonyl (C=O) groups excluding carboxylic acids is 1. The summed E-state index contributed by atoms with van der Waals surface area (Å²) in [6.45, 7) is 0.652. The quantitative estimate of drug-likeness (QED) is 0.145. The van der Waals surface area contributed by atoms with Crippen LogP contribution in [0, 0.1) is 10.1 Å². The molecule has 0 saturated carbocycles. The maximum atomic E-state index is 12.1. The number of ether oxygens (including phenoxy) is 1. The third kappa shape index (κ3) is 9.76. The number of rotatable bonds is 15. The number of benzene rings is 1. The topological polar surface area (TPSA) is 135 Å². The van der Waals surface area contributed by atoms with Gasteiger partial charge in [-0.1, -0.05) is 16.9 Å². The number of aliphatic hydroxyl groups excluding tert-OH is 2. The maximum Gasteiger partial charge on any atom is 0.269 e. The summed E-state index contributed by atoms with van der Waals surface area (Å²) in [7, 11) is 3.26. The fraction of sp³-hybridized carbons (Fsp3) is 0.400. The first kappa shape index (κ1) is 26.4. The van der Waals surface area contributed by atoms with E-state index in [0.717, 1.165) is 10.8 Å². The predicted octanol–water partition coefficient (Wildman–Crippen LogP) is 2.69. The Morgan fingerprint density at radius 1 is 1.19 bits per heavy atom. The minimum atomic E-state index is -1.18. The zero-order valence-corrected chi connectivity index (χ0v) is 19.6. The molecule has 0 fully saturated rings. The molecule has 2 atom stereocenters. The van der Waals surface area contributed by atoms with Crippen molar-refractivity contribution in [3.8, 4) is 0 Å². The van der Waals surface area contributed by atoms with E-state index in [1.54, 1.807) is 27.8 Å². The summed E-state index contributed by atoms with van der Waals surface area (Å²) in [4.78, 5) is 26.5. The molecule has 0 aliphatic rings. The Balaban J connectivity index is 1.57. The second kappa shape index (κ2) is 15.1. The van der Waals surface area contributed by atoms with Gasteiger partial charge in [0.2, 0.25) is 5.91 Å². The van der Waals surface area contributed by atoms with Crippen molar-refractivity contribution in [2.75, 3.05) is 37.1 Å². The van der Waals surface area contributed by atoms with Crippen LogP contribution in [0.2, 0.25) is 0 Å². The van der Waals surface area contributed by atoms with Crippen LogP contribution in [0.5, 0.6) is 0 Å². The van der Waals surface area contributed by atoms with E-state index in [1.165, 1.54) is 36.0 Å². The van der Waals surface area contributed by atoms with E-state index in [-0.39, 0.29) is 17.3 Å². The third-order valence-corrected chi connectivity index (χ3v) is 7.22. The molecule has 0 aliphatic carbocycles. The molecule has 174 valence electrons. The number of non-ortho nitro benzene ring substituents is 1. The van der Waals surface area contributed by atoms with Crippen molar-refractivity contribution in [1.29, 1.82) is 0 Å². The molecular formula is C20H25N3O6S3. The summed E-state index contributed by atoms with van der Waals surface area (Å²) in [5.41, 5.74) is 0.268. The number of hydrogen-bond donors (Lipinski definition) is 3. The van der Waals surface area contributed by atoms with Crippen molar-refractivity contribution in [3.63, 3.8) is 0 Å². The number of aromatic nitrogens is 1. The molecule has 1 aromatic carbocycles. The molecule has 9 nitrogen and oxygen atoms in total. The summed E-state index contributed by atoms with van der Waals surface area (Å²) >= 11 is 1.39. The average Bonchev–Trinajstić information content (AvgIpc) is 2.81. The summed E-state index contributed by atoms with van der Waals surface area (Å²) in [6.07, 6.45) is 0.575. The summed E-state index contributed by atoms with van der Waals surface area (Å²) in [5, 5.41) is 34.1. The summed E-state index contributed by atoms with van der Waals surface area (Å²) < 4.78 is 5.54. The molecule has 0 aliphatic heterocycles. The Hall–Kier alpha value is -1.83. The van der Waals surface area contributed by atoms with Crippen LogP contribution in [0.4, 0.5) is 5.69 Å². The molecule has 1 amide bonds. The maximum absolute atomic E-state index is 12.1. The van der Waals surface area contributed by atoms with Crippen LogP contribution in [0.3, 0.4) is 0 Å². The molecule has 0 spiro atoms. The van der Waals surface area contributed by atoms with E-state index in [4.69, 9.17) is 4.74 Å². The Morgan fingerprint density at radius 3 is 2.59 bits per heavy atom. The van der Waals surface area contributed by atoms with Gasteiger partial charge in [-0.25, -0.2) is 4.98 Å². The molecule has 0 radical (unpaired) electrons. The van der Waals surface area contributed by atoms with Crippen LogP contribution in [-0.2, 0) is 9.53 Å². The van der Waals surface area contributed by atoms with Crippen molar-refractivity contribution < 1.29 is 24.7 Å². The normalized spacial score (nSPS) is 12.8. The number of nitro groups is 1. The van der Waals surface area contributed by atoms with Gasteiger partial charge in [-0.3, -0.25) is 14.9 Å². The number of nitrogens with one attached hydrogen (secondary N) is 1. The van der Waals surface area contributed by atoms with Crippen molar-refractivity contribution in [2.45, 2.75) is 17.2 Å². The van der Waals surface area contributed by atoms with Gasteiger partial charge < -0.3 is 20.3 Å². The molecule has 0 unspecified atom stereocenters. The van der Waals surface area contributed by atoms with Crippen LogP contribution in [0.15, 0.2) is 53.7 Å². The van der Waals surface area contributed by atoms with Crippen molar-refractivity contribution in [1.82, 2.24) is 10.3 Å². The Labute approximate surface area is 198 Å². The van der Waals surface area contributed by atoms with E-state index in [2.05, 4.69) is 10.3 Å². The van der Waals surface area contributed by atoms with Gasteiger partial charge in [-0.2, -0.15) is 0 Å². The number of nitro benzene ring substituents is 1. The minimum absolute atomic E-state index is 0.102. The number of amides is 1. The fourth-order valence-corrected chi connectivity index (χ4v) is 4.86. The average molecular weight is 500 g/mol. The van der Waals surface area contributed by atoms with Crippen molar-refractivity contribution in [2.24, 2.45) is 0 Å². The zero-order chi connectivity index (χ0) is 23.2. The number of hydrogen-bond acceptors (Lipinski definition) is 10. The molecule has 2 rings (SSSR count). The first-order chi connectivity index (χ1) is 15.5. The lowest BCUT2D eigenvalue weighted by molar-refractivity contribution is -0.384. The van der Waals surface area contributed by atoms with Crippen LogP contribution < -0.4 is 5.32 Å². The largest absolute Gasteiger partial charge is 0.394 e. The van der Waals surface area contributed by atoms with Gasteiger partial charge in [0.25, 0.3) is 5.69 Å². The highest BCUT2D eigenvalue weighted by molar-refractivity contribution is 8.76. The lowest BCUT2D eigenvalue weighted by Gasteiger charge is -2.22. The van der Waals surface area contributed by atoms with Crippen molar-refractivity contribution >= 4 is 44.9 Å². The van der Waals surface area contributed by atoms with Gasteiger partial charge in [0, 0.05) is 29.8 Å². The van der Waals surface area contributed by atoms with Gasteiger partial charge in [0.05, 0.1) is 36.5 Å². The fourth-order valence-electron chi connectivity index (χ4n) is 2.47. The van der Waals surface area contributed by atoms with Crippen LogP contribution >= 0.6 is 33.3 Å². The Bertz CT molecular complexity index is 829. The zero-order valence-electron chi connectivity index (χ0n) is 17.2. The lowest BCUT2D eigenvalue weighted by Crippen LogP contribution is -2.42. The number of pyridine rings is 1. The monoisotopic (exact) mass is 499 g/mol. The second-order valence-electron chi connectivity index (χ2n) is 6.39. The van der Waals surface area contributed by atoms with Crippen LogP contribution in [0.1, 0.15) is 11.7 Å². The van der Waals surface area contributed by atoms with Crippen molar-refractivity contribution in [3.05, 3.63) is 64.3 Å². The molecule has 2 aromatic rings. The predicted molar refractivity (Wildman–Crippen MR) is 128 cm³/mol. The van der Waals surface area contributed by atoms with Crippen LogP contribution in [-0.4, -0.2) is 69.1 Å². The molecular weight excluding hydrogens is 474 g/mol.